The fourth-order valence-electron chi connectivity index (χ4n) is 6.20. The smallest absolute Gasteiger partial charge is 0.229 e. The lowest BCUT2D eigenvalue weighted by Crippen LogP contribution is -2.56. The Morgan fingerprint density at radius 3 is 2.67 bits per heavy atom. The molecule has 0 radical (unpaired) electrons. The van der Waals surface area contributed by atoms with Gasteiger partial charge in [-0.25, -0.2) is 4.98 Å². The first-order chi connectivity index (χ1) is 16.0. The van der Waals surface area contributed by atoms with Crippen LogP contribution in [0.1, 0.15) is 25.3 Å². The number of ether oxygens (including phenoxy) is 2. The lowest BCUT2D eigenvalue weighted by Gasteiger charge is -2.44. The van der Waals surface area contributed by atoms with Crippen molar-refractivity contribution in [3.8, 4) is 0 Å². The number of rotatable bonds is 4. The summed E-state index contributed by atoms with van der Waals surface area (Å²) in [4.78, 5) is 22.4. The van der Waals surface area contributed by atoms with Crippen LogP contribution in [0, 0.1) is 24.7 Å². The molecule has 4 fully saturated rings. The molecule has 0 spiro atoms. The van der Waals surface area contributed by atoms with Gasteiger partial charge in [-0.05, 0) is 67.7 Å². The van der Waals surface area contributed by atoms with Gasteiger partial charge in [0.1, 0.15) is 5.82 Å². The van der Waals surface area contributed by atoms with Gasteiger partial charge in [0.15, 0.2) is 0 Å². The fraction of sp³-hybridized carbons (Fsp3) is 0.615. The second kappa shape index (κ2) is 8.22. The number of piperazine rings is 1. The van der Waals surface area contributed by atoms with Crippen LogP contribution in [0.4, 0.5) is 11.5 Å². The molecule has 33 heavy (non-hydrogen) atoms. The third kappa shape index (κ3) is 3.90. The predicted molar refractivity (Wildman–Crippen MR) is 129 cm³/mol. The van der Waals surface area contributed by atoms with Crippen LogP contribution in [0.25, 0.3) is 10.8 Å². The van der Waals surface area contributed by atoms with E-state index in [2.05, 4.69) is 46.1 Å². The van der Waals surface area contributed by atoms with Crippen LogP contribution in [0.15, 0.2) is 24.4 Å². The van der Waals surface area contributed by atoms with Gasteiger partial charge in [-0.1, -0.05) is 0 Å². The van der Waals surface area contributed by atoms with Crippen molar-refractivity contribution < 1.29 is 14.3 Å². The first-order valence-electron chi connectivity index (χ1n) is 12.4. The number of carbonyl (C=O) groups is 1. The highest BCUT2D eigenvalue weighted by Gasteiger charge is 2.55. The van der Waals surface area contributed by atoms with E-state index >= 15 is 0 Å². The lowest BCUT2D eigenvalue weighted by molar-refractivity contribution is -0.117. The van der Waals surface area contributed by atoms with E-state index in [0.29, 0.717) is 17.7 Å². The number of nitrogens with zero attached hydrogens (tertiary/aromatic N) is 3. The van der Waals surface area contributed by atoms with E-state index in [9.17, 15) is 4.79 Å². The molecular weight excluding hydrogens is 416 g/mol. The Morgan fingerprint density at radius 2 is 1.94 bits per heavy atom. The Hall–Kier alpha value is -2.22. The van der Waals surface area contributed by atoms with E-state index in [1.807, 2.05) is 12.3 Å². The maximum Gasteiger partial charge on any atom is 0.229 e. The zero-order valence-corrected chi connectivity index (χ0v) is 19.7. The highest BCUT2D eigenvalue weighted by atomic mass is 16.5. The molecule has 1 saturated carbocycles. The normalized spacial score (nSPS) is 32.1. The molecule has 4 atom stereocenters. The van der Waals surface area contributed by atoms with Crippen LogP contribution >= 0.6 is 0 Å². The first kappa shape index (κ1) is 21.3. The molecule has 1 aliphatic carbocycles. The molecule has 7 nitrogen and oxygen atoms in total. The summed E-state index contributed by atoms with van der Waals surface area (Å²) in [7, 11) is 0. The van der Waals surface area contributed by atoms with Crippen LogP contribution < -0.4 is 10.2 Å². The average molecular weight is 451 g/mol. The summed E-state index contributed by atoms with van der Waals surface area (Å²) < 4.78 is 11.2. The minimum absolute atomic E-state index is 0.0852. The number of aryl methyl sites for hydroxylation is 1. The Balaban J connectivity index is 1.17. The molecule has 3 saturated heterocycles. The van der Waals surface area contributed by atoms with Crippen molar-refractivity contribution in [2.45, 2.75) is 32.2 Å². The second-order valence-electron chi connectivity index (χ2n) is 10.5. The van der Waals surface area contributed by atoms with Gasteiger partial charge in [-0.3, -0.25) is 9.69 Å². The molecule has 1 amide bonds. The van der Waals surface area contributed by atoms with Gasteiger partial charge in [-0.15, -0.1) is 0 Å². The molecule has 2 aromatic rings. The third-order valence-corrected chi connectivity index (χ3v) is 8.41. The summed E-state index contributed by atoms with van der Waals surface area (Å²) >= 11 is 0. The number of nitrogens with one attached hydrogen (secondary N) is 1. The number of anilines is 2. The lowest BCUT2D eigenvalue weighted by atomic mass is 9.97. The third-order valence-electron chi connectivity index (χ3n) is 8.41. The number of fused-ring (bicyclic) bond motifs is 2. The molecule has 7 heteroatoms. The SMILES string of the molecule is Cc1cc2cnc(NC(=O)[C@@H]3[C@@H]4CCOC[C@H]43)cc2cc1N1CCN([C@]2(C)CCOC2)CC1. The van der Waals surface area contributed by atoms with Gasteiger partial charge in [0.05, 0.1) is 13.2 Å². The van der Waals surface area contributed by atoms with Gasteiger partial charge in [0, 0.05) is 68.1 Å². The summed E-state index contributed by atoms with van der Waals surface area (Å²) in [5, 5.41) is 5.30. The van der Waals surface area contributed by atoms with E-state index in [-0.39, 0.29) is 17.4 Å². The maximum atomic E-state index is 12.8. The van der Waals surface area contributed by atoms with E-state index in [4.69, 9.17) is 9.47 Å². The maximum absolute atomic E-state index is 12.8. The Bertz CT molecular complexity index is 1050. The van der Waals surface area contributed by atoms with Crippen molar-refractivity contribution >= 4 is 28.2 Å². The number of pyridine rings is 1. The highest BCUT2D eigenvalue weighted by Crippen LogP contribution is 2.51. The molecule has 4 aliphatic rings. The summed E-state index contributed by atoms with van der Waals surface area (Å²) in [6, 6.07) is 6.50. The van der Waals surface area contributed by atoms with Crippen molar-refractivity contribution in [1.29, 1.82) is 0 Å². The van der Waals surface area contributed by atoms with Crippen molar-refractivity contribution in [3.63, 3.8) is 0 Å². The largest absolute Gasteiger partial charge is 0.381 e. The van der Waals surface area contributed by atoms with E-state index < -0.39 is 0 Å². The standard InChI is InChI=1S/C26H34N4O3/c1-17-11-19-14-27-23(28-25(31)24-20-3-9-32-15-21(20)24)13-18(19)12-22(17)29-5-7-30(8-6-29)26(2)4-10-33-16-26/h11-14,20-21,24H,3-10,15-16H2,1-2H3,(H,27,28,31)/t20-,21-,24-,26-/m1/s1. The molecule has 1 N–H and O–H groups in total. The molecule has 4 heterocycles. The van der Waals surface area contributed by atoms with Crippen LogP contribution in [-0.4, -0.2) is 73.9 Å². The van der Waals surface area contributed by atoms with Crippen LogP contribution in [0.5, 0.6) is 0 Å². The van der Waals surface area contributed by atoms with Crippen LogP contribution in [0.3, 0.4) is 0 Å². The molecule has 0 bridgehead atoms. The Morgan fingerprint density at radius 1 is 1.09 bits per heavy atom. The van der Waals surface area contributed by atoms with Crippen molar-refractivity contribution in [2.75, 3.05) is 62.8 Å². The minimum Gasteiger partial charge on any atom is -0.381 e. The van der Waals surface area contributed by atoms with E-state index in [1.165, 1.54) is 11.3 Å². The monoisotopic (exact) mass is 450 g/mol. The van der Waals surface area contributed by atoms with Gasteiger partial charge < -0.3 is 19.7 Å². The molecular formula is C26H34N4O3. The highest BCUT2D eigenvalue weighted by molar-refractivity contribution is 5.96. The fourth-order valence-corrected chi connectivity index (χ4v) is 6.20. The molecule has 3 aliphatic heterocycles. The molecule has 176 valence electrons. The number of amides is 1. The molecule has 6 rings (SSSR count). The Kier molecular flexibility index (Phi) is 5.31. The number of carbonyl (C=O) groups excluding carboxylic acids is 1. The number of hydrogen-bond donors (Lipinski definition) is 1. The predicted octanol–water partition coefficient (Wildman–Crippen LogP) is 3.07. The first-order valence-corrected chi connectivity index (χ1v) is 12.4. The zero-order valence-electron chi connectivity index (χ0n) is 19.7. The van der Waals surface area contributed by atoms with E-state index in [1.54, 1.807) is 0 Å². The molecule has 1 aromatic carbocycles. The average Bonchev–Trinajstić information content (AvgIpc) is 3.40. The van der Waals surface area contributed by atoms with Gasteiger partial charge >= 0.3 is 0 Å². The number of hydrogen-bond acceptors (Lipinski definition) is 6. The summed E-state index contributed by atoms with van der Waals surface area (Å²) in [5.74, 6) is 1.71. The van der Waals surface area contributed by atoms with Crippen LogP contribution in [-0.2, 0) is 14.3 Å². The zero-order chi connectivity index (χ0) is 22.6. The number of aromatic nitrogens is 1. The topological polar surface area (TPSA) is 66.9 Å². The summed E-state index contributed by atoms with van der Waals surface area (Å²) in [6.45, 7) is 11.9. The van der Waals surface area contributed by atoms with Gasteiger partial charge in [0.2, 0.25) is 5.91 Å². The Labute approximate surface area is 195 Å². The quantitative estimate of drug-likeness (QED) is 0.772. The van der Waals surface area contributed by atoms with Crippen molar-refractivity contribution in [1.82, 2.24) is 9.88 Å². The summed E-state index contributed by atoms with van der Waals surface area (Å²) in [5.41, 5.74) is 2.74. The van der Waals surface area contributed by atoms with Gasteiger partial charge in [-0.2, -0.15) is 0 Å². The number of benzene rings is 1. The molecule has 0 unspecified atom stereocenters. The summed E-state index contributed by atoms with van der Waals surface area (Å²) in [6.07, 6.45) is 4.00. The second-order valence-corrected chi connectivity index (χ2v) is 10.5. The van der Waals surface area contributed by atoms with Gasteiger partial charge in [0.25, 0.3) is 0 Å². The van der Waals surface area contributed by atoms with Crippen LogP contribution in [0.2, 0.25) is 0 Å². The van der Waals surface area contributed by atoms with Crippen molar-refractivity contribution in [3.05, 3.63) is 30.0 Å². The van der Waals surface area contributed by atoms with Crippen molar-refractivity contribution in [2.24, 2.45) is 17.8 Å². The van der Waals surface area contributed by atoms with E-state index in [0.717, 1.165) is 76.2 Å². The minimum atomic E-state index is 0.0852. The molecule has 1 aromatic heterocycles.